The molecule has 0 unspecified atom stereocenters. The third kappa shape index (κ3) is 3.64. The van der Waals surface area contributed by atoms with E-state index in [2.05, 4.69) is 15.4 Å². The fourth-order valence-corrected chi connectivity index (χ4v) is 3.96. The topological polar surface area (TPSA) is 99.0 Å². The van der Waals surface area contributed by atoms with Crippen molar-refractivity contribution in [3.05, 3.63) is 65.7 Å². The first-order valence-corrected chi connectivity index (χ1v) is 10.7. The second-order valence-corrected chi connectivity index (χ2v) is 8.20. The van der Waals surface area contributed by atoms with Gasteiger partial charge in [0.25, 0.3) is 5.91 Å². The molecule has 0 saturated heterocycles. The Morgan fingerprint density at radius 2 is 2.13 bits per heavy atom. The van der Waals surface area contributed by atoms with Crippen LogP contribution in [-0.2, 0) is 6.54 Å². The van der Waals surface area contributed by atoms with Crippen LogP contribution < -0.4 is 5.32 Å². The summed E-state index contributed by atoms with van der Waals surface area (Å²) < 4.78 is 12.8. The number of fused-ring (bicyclic) bond motifs is 1. The molecule has 5 aromatic rings. The SMILES string of the molecule is CC(C)n1ncc2c(C(=O)NCc3coc(-c4cccs4)n3)cc(-c3ccco3)nc21. The van der Waals surface area contributed by atoms with Gasteiger partial charge in [0.1, 0.15) is 12.0 Å². The van der Waals surface area contributed by atoms with E-state index < -0.39 is 0 Å². The van der Waals surface area contributed by atoms with E-state index in [1.807, 2.05) is 37.4 Å². The lowest BCUT2D eigenvalue weighted by atomic mass is 10.1. The first-order chi connectivity index (χ1) is 15.1. The molecule has 0 atom stereocenters. The number of hydrogen-bond acceptors (Lipinski definition) is 7. The Morgan fingerprint density at radius 1 is 1.23 bits per heavy atom. The summed E-state index contributed by atoms with van der Waals surface area (Å²) in [6.07, 6.45) is 4.81. The van der Waals surface area contributed by atoms with E-state index in [0.717, 1.165) is 4.88 Å². The molecule has 31 heavy (non-hydrogen) atoms. The van der Waals surface area contributed by atoms with Crippen molar-refractivity contribution in [1.29, 1.82) is 0 Å². The van der Waals surface area contributed by atoms with Gasteiger partial charge in [0.15, 0.2) is 11.4 Å². The molecule has 9 heteroatoms. The Labute approximate surface area is 181 Å². The molecule has 0 aromatic carbocycles. The molecule has 5 rings (SSSR count). The summed E-state index contributed by atoms with van der Waals surface area (Å²) >= 11 is 1.55. The number of hydrogen-bond donors (Lipinski definition) is 1. The van der Waals surface area contributed by atoms with Crippen LogP contribution in [0.1, 0.15) is 35.9 Å². The summed E-state index contributed by atoms with van der Waals surface area (Å²) in [5, 5.41) is 9.99. The molecule has 1 amide bonds. The highest BCUT2D eigenvalue weighted by molar-refractivity contribution is 7.13. The Balaban J connectivity index is 1.45. The van der Waals surface area contributed by atoms with Crippen LogP contribution in [0, 0.1) is 0 Å². The van der Waals surface area contributed by atoms with E-state index in [1.165, 1.54) is 0 Å². The van der Waals surface area contributed by atoms with E-state index in [1.54, 1.807) is 46.9 Å². The van der Waals surface area contributed by atoms with Crippen LogP contribution in [0.3, 0.4) is 0 Å². The van der Waals surface area contributed by atoms with Crippen molar-refractivity contribution in [1.82, 2.24) is 25.1 Å². The number of amides is 1. The van der Waals surface area contributed by atoms with Crippen LogP contribution in [-0.4, -0.2) is 25.7 Å². The van der Waals surface area contributed by atoms with E-state index in [4.69, 9.17) is 13.8 Å². The van der Waals surface area contributed by atoms with Gasteiger partial charge in [0.05, 0.1) is 40.5 Å². The van der Waals surface area contributed by atoms with Gasteiger partial charge in [-0.2, -0.15) is 5.10 Å². The van der Waals surface area contributed by atoms with Gasteiger partial charge < -0.3 is 14.2 Å². The third-order valence-corrected chi connectivity index (χ3v) is 5.65. The van der Waals surface area contributed by atoms with Gasteiger partial charge in [-0.15, -0.1) is 11.3 Å². The fraction of sp³-hybridized carbons (Fsp3) is 0.182. The van der Waals surface area contributed by atoms with Crippen LogP contribution >= 0.6 is 11.3 Å². The van der Waals surface area contributed by atoms with Crippen molar-refractivity contribution in [3.63, 3.8) is 0 Å². The van der Waals surface area contributed by atoms with Gasteiger partial charge in [-0.25, -0.2) is 14.6 Å². The molecule has 0 radical (unpaired) electrons. The lowest BCUT2D eigenvalue weighted by molar-refractivity contribution is 0.0952. The van der Waals surface area contributed by atoms with Crippen molar-refractivity contribution >= 4 is 28.3 Å². The van der Waals surface area contributed by atoms with Crippen LogP contribution in [0.5, 0.6) is 0 Å². The zero-order valence-corrected chi connectivity index (χ0v) is 17.7. The van der Waals surface area contributed by atoms with Gasteiger partial charge in [-0.3, -0.25) is 4.79 Å². The molecule has 8 nitrogen and oxygen atoms in total. The van der Waals surface area contributed by atoms with Crippen molar-refractivity contribution in [2.24, 2.45) is 0 Å². The van der Waals surface area contributed by atoms with E-state index >= 15 is 0 Å². The molecule has 156 valence electrons. The van der Waals surface area contributed by atoms with Crippen LogP contribution in [0.25, 0.3) is 33.3 Å². The van der Waals surface area contributed by atoms with Crippen molar-refractivity contribution < 1.29 is 13.6 Å². The van der Waals surface area contributed by atoms with Crippen LogP contribution in [0.4, 0.5) is 0 Å². The average Bonchev–Trinajstić information content (AvgIpc) is 3.56. The molecule has 0 aliphatic carbocycles. The Morgan fingerprint density at radius 3 is 2.87 bits per heavy atom. The number of furan rings is 1. The Kier molecular flexibility index (Phi) is 4.87. The number of carbonyl (C=O) groups excluding carboxylic acids is 1. The highest BCUT2D eigenvalue weighted by Crippen LogP contribution is 2.27. The Hall–Kier alpha value is -3.72. The molecule has 0 spiro atoms. The first kappa shape index (κ1) is 19.3. The highest BCUT2D eigenvalue weighted by atomic mass is 32.1. The van der Waals surface area contributed by atoms with Gasteiger partial charge in [-0.05, 0) is 43.5 Å². The zero-order chi connectivity index (χ0) is 21.4. The summed E-state index contributed by atoms with van der Waals surface area (Å²) in [6, 6.07) is 9.30. The largest absolute Gasteiger partial charge is 0.463 e. The lowest BCUT2D eigenvalue weighted by Crippen LogP contribution is -2.23. The second-order valence-electron chi connectivity index (χ2n) is 7.26. The average molecular weight is 433 g/mol. The van der Waals surface area contributed by atoms with E-state index in [9.17, 15) is 4.79 Å². The van der Waals surface area contributed by atoms with Crippen molar-refractivity contribution in [2.75, 3.05) is 0 Å². The number of oxazole rings is 1. The summed E-state index contributed by atoms with van der Waals surface area (Å²) in [6.45, 7) is 4.28. The van der Waals surface area contributed by atoms with Crippen molar-refractivity contribution in [3.8, 4) is 22.2 Å². The molecule has 0 aliphatic heterocycles. The lowest BCUT2D eigenvalue weighted by Gasteiger charge is -2.10. The monoisotopic (exact) mass is 433 g/mol. The minimum Gasteiger partial charge on any atom is -0.463 e. The summed E-state index contributed by atoms with van der Waals surface area (Å²) in [7, 11) is 0. The van der Waals surface area contributed by atoms with Crippen molar-refractivity contribution in [2.45, 2.75) is 26.4 Å². The fourth-order valence-electron chi connectivity index (χ4n) is 3.30. The minimum absolute atomic E-state index is 0.0959. The van der Waals surface area contributed by atoms with Gasteiger partial charge >= 0.3 is 0 Å². The number of rotatable bonds is 6. The summed E-state index contributed by atoms with van der Waals surface area (Å²) in [5.41, 5.74) is 2.33. The van der Waals surface area contributed by atoms with Gasteiger partial charge in [0.2, 0.25) is 5.89 Å². The standard InChI is InChI=1S/C22H19N5O3S/c1-13(2)27-20-16(11-24-27)15(9-17(26-20)18-5-3-7-29-18)21(28)23-10-14-12-30-22(25-14)19-6-4-8-31-19/h3-9,11-13H,10H2,1-2H3,(H,23,28). The Bertz CT molecular complexity index is 1330. The number of thiophene rings is 1. The number of nitrogens with zero attached hydrogens (tertiary/aromatic N) is 4. The summed E-state index contributed by atoms with van der Waals surface area (Å²) in [5.74, 6) is 0.887. The molecule has 0 aliphatic rings. The van der Waals surface area contributed by atoms with E-state index in [0.29, 0.717) is 39.6 Å². The number of aromatic nitrogens is 4. The predicted octanol–water partition coefficient (Wildman–Crippen LogP) is 4.92. The molecule has 0 fully saturated rings. The zero-order valence-electron chi connectivity index (χ0n) is 16.9. The van der Waals surface area contributed by atoms with Crippen LogP contribution in [0.2, 0.25) is 0 Å². The molecular formula is C22H19N5O3S. The molecule has 5 heterocycles. The number of carbonyl (C=O) groups is 1. The maximum Gasteiger partial charge on any atom is 0.252 e. The molecular weight excluding hydrogens is 414 g/mol. The maximum atomic E-state index is 13.1. The molecule has 1 N–H and O–H groups in total. The molecule has 0 bridgehead atoms. The second kappa shape index (κ2) is 7.84. The smallest absolute Gasteiger partial charge is 0.252 e. The third-order valence-electron chi connectivity index (χ3n) is 4.79. The summed E-state index contributed by atoms with van der Waals surface area (Å²) in [4.78, 5) is 23.2. The predicted molar refractivity (Wildman–Crippen MR) is 117 cm³/mol. The molecule has 0 saturated carbocycles. The maximum absolute atomic E-state index is 13.1. The van der Waals surface area contributed by atoms with E-state index in [-0.39, 0.29) is 18.5 Å². The highest BCUT2D eigenvalue weighted by Gasteiger charge is 2.19. The minimum atomic E-state index is -0.246. The normalized spacial score (nSPS) is 11.5. The van der Waals surface area contributed by atoms with Gasteiger partial charge in [0, 0.05) is 6.04 Å². The number of nitrogens with one attached hydrogen (secondary N) is 1. The van der Waals surface area contributed by atoms with Gasteiger partial charge in [-0.1, -0.05) is 6.07 Å². The molecule has 5 aromatic heterocycles. The number of pyridine rings is 1. The quantitative estimate of drug-likeness (QED) is 0.408. The first-order valence-electron chi connectivity index (χ1n) is 9.79. The van der Waals surface area contributed by atoms with Crippen LogP contribution in [0.15, 0.2) is 63.3 Å².